The fourth-order valence-corrected chi connectivity index (χ4v) is 2.54. The highest BCUT2D eigenvalue weighted by Gasteiger charge is 2.31. The average Bonchev–Trinajstić information content (AvgIpc) is 3.09. The molecule has 3 rings (SSSR count). The number of halogens is 3. The lowest BCUT2D eigenvalue weighted by atomic mass is 10.0. The molecule has 3 aromatic rings. The molecule has 152 valence electrons. The van der Waals surface area contributed by atoms with Gasteiger partial charge in [0.15, 0.2) is 5.82 Å². The molecule has 1 heterocycles. The first kappa shape index (κ1) is 20.4. The topological polar surface area (TPSA) is 77.2 Å². The van der Waals surface area contributed by atoms with E-state index in [0.717, 1.165) is 12.1 Å². The average molecular weight is 405 g/mol. The quantitative estimate of drug-likeness (QED) is 0.656. The summed E-state index contributed by atoms with van der Waals surface area (Å²) in [6, 6.07) is 10.6. The van der Waals surface area contributed by atoms with Gasteiger partial charge in [-0.1, -0.05) is 17.3 Å². The van der Waals surface area contributed by atoms with Crippen LogP contribution in [0.15, 0.2) is 53.1 Å². The summed E-state index contributed by atoms with van der Waals surface area (Å²) in [5.41, 5.74) is -1.45. The molecule has 1 aromatic heterocycles. The van der Waals surface area contributed by atoms with Gasteiger partial charge in [-0.05, 0) is 50.2 Å². The lowest BCUT2D eigenvalue weighted by Gasteiger charge is -2.22. The Morgan fingerprint density at radius 1 is 1.07 bits per heavy atom. The number of ether oxygens (including phenoxy) is 1. The van der Waals surface area contributed by atoms with E-state index in [-0.39, 0.29) is 17.1 Å². The predicted octanol–water partition coefficient (Wildman–Crippen LogP) is 4.85. The first-order valence-corrected chi connectivity index (χ1v) is 8.63. The number of amides is 1. The van der Waals surface area contributed by atoms with Crippen LogP contribution < -0.4 is 10.1 Å². The summed E-state index contributed by atoms with van der Waals surface area (Å²) in [5, 5.41) is 6.61. The molecule has 0 spiro atoms. The lowest BCUT2D eigenvalue weighted by Crippen LogP contribution is -2.41. The molecule has 2 aromatic carbocycles. The fraction of sp³-hybridized carbons (Fsp3) is 0.250. The number of aromatic nitrogens is 2. The molecule has 0 aliphatic rings. The van der Waals surface area contributed by atoms with Crippen LogP contribution in [0.4, 0.5) is 13.2 Å². The second-order valence-electron chi connectivity index (χ2n) is 6.87. The first-order chi connectivity index (χ1) is 13.5. The number of hydrogen-bond donors (Lipinski definition) is 1. The molecule has 1 amide bonds. The van der Waals surface area contributed by atoms with Gasteiger partial charge in [0.1, 0.15) is 11.5 Å². The second-order valence-corrected chi connectivity index (χ2v) is 6.87. The van der Waals surface area contributed by atoms with Gasteiger partial charge >= 0.3 is 6.18 Å². The number of nitrogens with one attached hydrogen (secondary N) is 1. The minimum Gasteiger partial charge on any atom is -0.457 e. The minimum absolute atomic E-state index is 0.0139. The van der Waals surface area contributed by atoms with Gasteiger partial charge in [-0.3, -0.25) is 4.79 Å². The number of rotatable bonds is 5. The SMILES string of the molecule is Cc1nc(C(C)(C)NC(=O)c2cccc(Oc3cccc(C(F)(F)F)c3)c2)no1. The van der Waals surface area contributed by atoms with Crippen LogP contribution in [0.5, 0.6) is 11.5 Å². The Labute approximate surface area is 164 Å². The van der Waals surface area contributed by atoms with Crippen molar-refractivity contribution in [2.45, 2.75) is 32.5 Å². The Balaban J connectivity index is 1.76. The van der Waals surface area contributed by atoms with Crippen molar-refractivity contribution >= 4 is 5.91 Å². The van der Waals surface area contributed by atoms with Crippen LogP contribution >= 0.6 is 0 Å². The van der Waals surface area contributed by atoms with E-state index in [1.165, 1.54) is 18.2 Å². The van der Waals surface area contributed by atoms with Crippen LogP contribution in [0.25, 0.3) is 0 Å². The molecule has 9 heteroatoms. The highest BCUT2D eigenvalue weighted by Crippen LogP contribution is 2.32. The van der Waals surface area contributed by atoms with E-state index in [2.05, 4.69) is 15.5 Å². The summed E-state index contributed by atoms with van der Waals surface area (Å²) >= 11 is 0. The van der Waals surface area contributed by atoms with Gasteiger partial charge in [0.2, 0.25) is 5.89 Å². The maximum Gasteiger partial charge on any atom is 0.416 e. The molecule has 0 saturated heterocycles. The van der Waals surface area contributed by atoms with Crippen molar-refractivity contribution in [2.24, 2.45) is 0 Å². The number of hydrogen-bond acceptors (Lipinski definition) is 5. The molecule has 0 unspecified atom stereocenters. The van der Waals surface area contributed by atoms with Crippen molar-refractivity contribution < 1.29 is 27.2 Å². The van der Waals surface area contributed by atoms with Crippen LogP contribution in [-0.4, -0.2) is 16.0 Å². The molecule has 6 nitrogen and oxygen atoms in total. The van der Waals surface area contributed by atoms with Crippen molar-refractivity contribution in [2.75, 3.05) is 0 Å². The maximum atomic E-state index is 12.9. The molecule has 1 N–H and O–H groups in total. The summed E-state index contributed by atoms with van der Waals surface area (Å²) in [6.45, 7) is 5.08. The smallest absolute Gasteiger partial charge is 0.416 e. The van der Waals surface area contributed by atoms with Crippen molar-refractivity contribution in [3.63, 3.8) is 0 Å². The fourth-order valence-electron chi connectivity index (χ4n) is 2.54. The van der Waals surface area contributed by atoms with Gasteiger partial charge in [-0.2, -0.15) is 18.2 Å². The van der Waals surface area contributed by atoms with Crippen LogP contribution in [-0.2, 0) is 11.7 Å². The zero-order valence-corrected chi connectivity index (χ0v) is 15.9. The van der Waals surface area contributed by atoms with E-state index in [1.807, 2.05) is 0 Å². The lowest BCUT2D eigenvalue weighted by molar-refractivity contribution is -0.137. The number of carbonyl (C=O) groups is 1. The summed E-state index contributed by atoms with van der Waals surface area (Å²) in [7, 11) is 0. The number of aryl methyl sites for hydroxylation is 1. The molecular weight excluding hydrogens is 387 g/mol. The highest BCUT2D eigenvalue weighted by molar-refractivity contribution is 5.95. The van der Waals surface area contributed by atoms with Crippen molar-refractivity contribution in [3.8, 4) is 11.5 Å². The molecule has 29 heavy (non-hydrogen) atoms. The van der Waals surface area contributed by atoms with E-state index >= 15 is 0 Å². The molecule has 0 saturated carbocycles. The standard InChI is InChI=1S/C20H18F3N3O3/c1-12-24-18(26-29-12)19(2,3)25-17(27)13-6-4-8-15(10-13)28-16-9-5-7-14(11-16)20(21,22)23/h4-11H,1-3H3,(H,25,27). The number of benzene rings is 2. The van der Waals surface area contributed by atoms with Gasteiger partial charge < -0.3 is 14.6 Å². The molecule has 0 aliphatic heterocycles. The highest BCUT2D eigenvalue weighted by atomic mass is 19.4. The first-order valence-electron chi connectivity index (χ1n) is 8.63. The summed E-state index contributed by atoms with van der Waals surface area (Å²) in [6.07, 6.45) is -4.47. The van der Waals surface area contributed by atoms with E-state index < -0.39 is 23.2 Å². The Kier molecular flexibility index (Phi) is 5.32. The van der Waals surface area contributed by atoms with Crippen molar-refractivity contribution in [1.29, 1.82) is 0 Å². The zero-order chi connectivity index (χ0) is 21.2. The van der Waals surface area contributed by atoms with E-state index in [0.29, 0.717) is 11.7 Å². The van der Waals surface area contributed by atoms with Gasteiger partial charge in [0.25, 0.3) is 5.91 Å². The predicted molar refractivity (Wildman–Crippen MR) is 97.5 cm³/mol. The van der Waals surface area contributed by atoms with Gasteiger partial charge in [-0.25, -0.2) is 0 Å². The Bertz CT molecular complexity index is 1030. The molecular formula is C20H18F3N3O3. The number of carbonyl (C=O) groups excluding carboxylic acids is 1. The van der Waals surface area contributed by atoms with Crippen LogP contribution in [0.3, 0.4) is 0 Å². The van der Waals surface area contributed by atoms with Crippen LogP contribution in [0, 0.1) is 6.92 Å². The maximum absolute atomic E-state index is 12.9. The second kappa shape index (κ2) is 7.57. The van der Waals surface area contributed by atoms with Crippen LogP contribution in [0.2, 0.25) is 0 Å². The molecule has 0 radical (unpaired) electrons. The van der Waals surface area contributed by atoms with Crippen LogP contribution in [0.1, 0.15) is 41.5 Å². The minimum atomic E-state index is -4.47. The van der Waals surface area contributed by atoms with E-state index in [4.69, 9.17) is 9.26 Å². The monoisotopic (exact) mass is 405 g/mol. The molecule has 0 fully saturated rings. The van der Waals surface area contributed by atoms with Gasteiger partial charge in [-0.15, -0.1) is 0 Å². The third-order valence-corrected chi connectivity index (χ3v) is 4.01. The molecule has 0 aliphatic carbocycles. The van der Waals surface area contributed by atoms with E-state index in [1.54, 1.807) is 39.0 Å². The third-order valence-electron chi connectivity index (χ3n) is 4.01. The molecule has 0 bridgehead atoms. The number of nitrogens with zero attached hydrogens (tertiary/aromatic N) is 2. The van der Waals surface area contributed by atoms with Gasteiger partial charge in [0.05, 0.1) is 11.1 Å². The third kappa shape index (κ3) is 4.92. The number of alkyl halides is 3. The normalized spacial score (nSPS) is 11.9. The summed E-state index contributed by atoms with van der Waals surface area (Å²) in [4.78, 5) is 16.8. The Morgan fingerprint density at radius 3 is 2.34 bits per heavy atom. The van der Waals surface area contributed by atoms with Crippen molar-refractivity contribution in [3.05, 3.63) is 71.4 Å². The van der Waals surface area contributed by atoms with Gasteiger partial charge in [0, 0.05) is 12.5 Å². The molecule has 0 atom stereocenters. The van der Waals surface area contributed by atoms with E-state index in [9.17, 15) is 18.0 Å². The summed E-state index contributed by atoms with van der Waals surface area (Å²) in [5.74, 6) is 0.510. The largest absolute Gasteiger partial charge is 0.457 e. The zero-order valence-electron chi connectivity index (χ0n) is 15.9. The Morgan fingerprint density at radius 2 is 1.72 bits per heavy atom. The summed E-state index contributed by atoms with van der Waals surface area (Å²) < 4.78 is 49.0. The van der Waals surface area contributed by atoms with Crippen molar-refractivity contribution in [1.82, 2.24) is 15.5 Å². The Hall–Kier alpha value is -3.36.